The number of benzene rings is 1. The third kappa shape index (κ3) is 4.24. The first kappa shape index (κ1) is 19.4. The highest BCUT2D eigenvalue weighted by atomic mass is 32.2. The lowest BCUT2D eigenvalue weighted by atomic mass is 10.2. The van der Waals surface area contributed by atoms with Crippen LogP contribution in [0.3, 0.4) is 0 Å². The molecule has 0 saturated carbocycles. The predicted octanol–water partition coefficient (Wildman–Crippen LogP) is 2.46. The lowest BCUT2D eigenvalue weighted by Crippen LogP contribution is -2.49. The molecule has 150 valence electrons. The normalized spacial score (nSPS) is 14.3. The molecule has 1 aliphatic heterocycles. The van der Waals surface area contributed by atoms with Crippen LogP contribution in [0.25, 0.3) is 11.4 Å². The van der Waals surface area contributed by atoms with E-state index < -0.39 is 0 Å². The smallest absolute Gasteiger partial charge is 0.233 e. The van der Waals surface area contributed by atoms with Gasteiger partial charge in [0.2, 0.25) is 5.91 Å². The van der Waals surface area contributed by atoms with Crippen LogP contribution >= 0.6 is 11.8 Å². The van der Waals surface area contributed by atoms with Gasteiger partial charge in [0.25, 0.3) is 0 Å². The van der Waals surface area contributed by atoms with Crippen molar-refractivity contribution in [2.75, 3.05) is 36.8 Å². The number of nitrogens with zero attached hydrogens (tertiary/aromatic N) is 6. The average molecular weight is 412 g/mol. The molecule has 9 heteroatoms. The van der Waals surface area contributed by atoms with E-state index in [2.05, 4.69) is 15.2 Å². The third-order valence-corrected chi connectivity index (χ3v) is 5.93. The van der Waals surface area contributed by atoms with Gasteiger partial charge in [0, 0.05) is 51.2 Å². The predicted molar refractivity (Wildman–Crippen MR) is 110 cm³/mol. The Bertz CT molecular complexity index is 988. The molecule has 0 bridgehead atoms. The molecule has 7 nitrogen and oxygen atoms in total. The lowest BCUT2D eigenvalue weighted by molar-refractivity contribution is -0.128. The first-order valence-electron chi connectivity index (χ1n) is 9.33. The molecule has 1 aliphatic rings. The van der Waals surface area contributed by atoms with Gasteiger partial charge in [0.15, 0.2) is 11.0 Å². The zero-order valence-electron chi connectivity index (χ0n) is 16.0. The molecular formula is C20H21FN6OS. The number of hydrogen-bond donors (Lipinski definition) is 0. The van der Waals surface area contributed by atoms with Gasteiger partial charge in [-0.3, -0.25) is 9.78 Å². The molecule has 2 aromatic heterocycles. The summed E-state index contributed by atoms with van der Waals surface area (Å²) < 4.78 is 15.8. The summed E-state index contributed by atoms with van der Waals surface area (Å²) in [6.07, 6.45) is 3.42. The van der Waals surface area contributed by atoms with Gasteiger partial charge in [0.05, 0.1) is 11.4 Å². The molecule has 3 aromatic rings. The van der Waals surface area contributed by atoms with Crippen LogP contribution in [-0.4, -0.2) is 62.5 Å². The maximum Gasteiger partial charge on any atom is 0.233 e. The first-order valence-corrected chi connectivity index (χ1v) is 10.3. The molecule has 1 amide bonds. The van der Waals surface area contributed by atoms with E-state index in [1.807, 2.05) is 39.6 Å². The van der Waals surface area contributed by atoms with Gasteiger partial charge in [-0.2, -0.15) is 0 Å². The number of pyridine rings is 1. The molecule has 1 aromatic carbocycles. The van der Waals surface area contributed by atoms with Crippen molar-refractivity contribution in [3.63, 3.8) is 0 Å². The Kier molecular flexibility index (Phi) is 5.75. The van der Waals surface area contributed by atoms with E-state index in [4.69, 9.17) is 0 Å². The highest BCUT2D eigenvalue weighted by Crippen LogP contribution is 2.23. The van der Waals surface area contributed by atoms with E-state index in [-0.39, 0.29) is 11.7 Å². The summed E-state index contributed by atoms with van der Waals surface area (Å²) in [6.45, 7) is 2.39. The molecule has 1 saturated heterocycles. The number of anilines is 1. The summed E-state index contributed by atoms with van der Waals surface area (Å²) in [5.41, 5.74) is 1.52. The second-order valence-corrected chi connectivity index (χ2v) is 7.65. The lowest BCUT2D eigenvalue weighted by Gasteiger charge is -2.36. The van der Waals surface area contributed by atoms with Gasteiger partial charge < -0.3 is 14.4 Å². The molecule has 1 fully saturated rings. The zero-order valence-corrected chi connectivity index (χ0v) is 16.8. The SMILES string of the molecule is Cn1c(SCC(=O)N2CCN(c3ccccc3F)CC2)nnc1-c1ccncc1. The Morgan fingerprint density at radius 1 is 1.07 bits per heavy atom. The van der Waals surface area contributed by atoms with Gasteiger partial charge >= 0.3 is 0 Å². The topological polar surface area (TPSA) is 67.2 Å². The highest BCUT2D eigenvalue weighted by molar-refractivity contribution is 7.99. The number of halogens is 1. The van der Waals surface area contributed by atoms with E-state index in [0.29, 0.717) is 42.8 Å². The van der Waals surface area contributed by atoms with Crippen molar-refractivity contribution in [3.8, 4) is 11.4 Å². The summed E-state index contributed by atoms with van der Waals surface area (Å²) in [5, 5.41) is 9.12. The molecule has 0 N–H and O–H groups in total. The van der Waals surface area contributed by atoms with E-state index in [1.165, 1.54) is 17.8 Å². The Balaban J connectivity index is 1.32. The fraction of sp³-hybridized carbons (Fsp3) is 0.300. The van der Waals surface area contributed by atoms with Crippen LogP contribution in [0.2, 0.25) is 0 Å². The van der Waals surface area contributed by atoms with Gasteiger partial charge in [-0.1, -0.05) is 23.9 Å². The van der Waals surface area contributed by atoms with Crippen molar-refractivity contribution >= 4 is 23.4 Å². The molecular weight excluding hydrogens is 391 g/mol. The Labute approximate surface area is 172 Å². The number of amides is 1. The third-order valence-electron chi connectivity index (χ3n) is 4.92. The van der Waals surface area contributed by atoms with Gasteiger partial charge in [-0.05, 0) is 24.3 Å². The second kappa shape index (κ2) is 8.60. The van der Waals surface area contributed by atoms with Crippen molar-refractivity contribution in [1.29, 1.82) is 0 Å². The van der Waals surface area contributed by atoms with Crippen LogP contribution in [0.15, 0.2) is 53.9 Å². The molecule has 0 radical (unpaired) electrons. The molecule has 0 aliphatic carbocycles. The van der Waals surface area contributed by atoms with Crippen LogP contribution in [0.5, 0.6) is 0 Å². The van der Waals surface area contributed by atoms with Crippen LogP contribution in [0.1, 0.15) is 0 Å². The molecule has 4 rings (SSSR count). The number of carbonyl (C=O) groups excluding carboxylic acids is 1. The number of rotatable bonds is 5. The van der Waals surface area contributed by atoms with E-state index in [0.717, 1.165) is 11.4 Å². The minimum atomic E-state index is -0.227. The standard InChI is InChI=1S/C20H21FN6OS/c1-25-19(15-6-8-22-9-7-15)23-24-20(25)29-14-18(28)27-12-10-26(11-13-27)17-5-3-2-4-16(17)21/h2-9H,10-14H2,1H3. The Morgan fingerprint density at radius 2 is 1.79 bits per heavy atom. The van der Waals surface area contributed by atoms with Crippen LogP contribution < -0.4 is 4.90 Å². The summed E-state index contributed by atoms with van der Waals surface area (Å²) in [5.74, 6) is 0.856. The minimum absolute atomic E-state index is 0.0524. The summed E-state index contributed by atoms with van der Waals surface area (Å²) in [6, 6.07) is 10.5. The van der Waals surface area contributed by atoms with Crippen LogP contribution in [-0.2, 0) is 11.8 Å². The van der Waals surface area contributed by atoms with Crippen molar-refractivity contribution in [3.05, 3.63) is 54.6 Å². The maximum atomic E-state index is 14.0. The monoisotopic (exact) mass is 412 g/mol. The summed E-state index contributed by atoms with van der Waals surface area (Å²) >= 11 is 1.37. The van der Waals surface area contributed by atoms with E-state index in [1.54, 1.807) is 24.5 Å². The average Bonchev–Trinajstić information content (AvgIpc) is 3.13. The number of carbonyl (C=O) groups is 1. The molecule has 0 unspecified atom stereocenters. The molecule has 29 heavy (non-hydrogen) atoms. The Hall–Kier alpha value is -2.94. The largest absolute Gasteiger partial charge is 0.366 e. The second-order valence-electron chi connectivity index (χ2n) is 6.71. The van der Waals surface area contributed by atoms with Crippen LogP contribution in [0.4, 0.5) is 10.1 Å². The zero-order chi connectivity index (χ0) is 20.2. The molecule has 0 atom stereocenters. The summed E-state index contributed by atoms with van der Waals surface area (Å²) in [4.78, 5) is 20.4. The minimum Gasteiger partial charge on any atom is -0.366 e. The van der Waals surface area contributed by atoms with Crippen LogP contribution in [0, 0.1) is 5.82 Å². The quantitative estimate of drug-likeness (QED) is 0.600. The van der Waals surface area contributed by atoms with Crippen molar-refractivity contribution in [1.82, 2.24) is 24.6 Å². The van der Waals surface area contributed by atoms with Crippen molar-refractivity contribution in [2.24, 2.45) is 7.05 Å². The number of aromatic nitrogens is 4. The number of piperazine rings is 1. The molecule has 3 heterocycles. The fourth-order valence-corrected chi connectivity index (χ4v) is 4.13. The maximum absolute atomic E-state index is 14.0. The number of thioether (sulfide) groups is 1. The number of para-hydroxylation sites is 1. The van der Waals surface area contributed by atoms with Gasteiger partial charge in [-0.15, -0.1) is 10.2 Å². The van der Waals surface area contributed by atoms with Crippen molar-refractivity contribution < 1.29 is 9.18 Å². The molecule has 0 spiro atoms. The van der Waals surface area contributed by atoms with E-state index in [9.17, 15) is 9.18 Å². The van der Waals surface area contributed by atoms with Gasteiger partial charge in [-0.25, -0.2) is 4.39 Å². The number of hydrogen-bond acceptors (Lipinski definition) is 6. The van der Waals surface area contributed by atoms with E-state index >= 15 is 0 Å². The van der Waals surface area contributed by atoms with Gasteiger partial charge in [0.1, 0.15) is 5.82 Å². The first-order chi connectivity index (χ1) is 14.1. The Morgan fingerprint density at radius 3 is 2.52 bits per heavy atom. The van der Waals surface area contributed by atoms with Crippen molar-refractivity contribution in [2.45, 2.75) is 5.16 Å². The highest BCUT2D eigenvalue weighted by Gasteiger charge is 2.23. The summed E-state index contributed by atoms with van der Waals surface area (Å²) in [7, 11) is 1.88. The fourth-order valence-electron chi connectivity index (χ4n) is 3.32.